The molecule has 1 aliphatic carbocycles. The lowest BCUT2D eigenvalue weighted by Gasteiger charge is -2.19. The standard InChI is InChI=1S/C21H27N5/c1-26-13-12-23-21(26)15-24-17-8-9-19-18(14-17)20(10-11-22-19)25-16-6-4-2-3-5-7-16/h8-14,16,24H,2-7,15H2,1H3,(H,22,25). The smallest absolute Gasteiger partial charge is 0.127 e. The number of anilines is 2. The summed E-state index contributed by atoms with van der Waals surface area (Å²) >= 11 is 0. The molecule has 2 N–H and O–H groups in total. The summed E-state index contributed by atoms with van der Waals surface area (Å²) in [7, 11) is 2.02. The van der Waals surface area contributed by atoms with Gasteiger partial charge < -0.3 is 15.2 Å². The molecule has 0 saturated heterocycles. The van der Waals surface area contributed by atoms with E-state index in [2.05, 4.69) is 44.9 Å². The highest BCUT2D eigenvalue weighted by molar-refractivity contribution is 5.93. The first-order valence-electron chi connectivity index (χ1n) is 9.65. The molecule has 0 bridgehead atoms. The molecule has 2 aromatic heterocycles. The maximum absolute atomic E-state index is 4.53. The van der Waals surface area contributed by atoms with Crippen molar-refractivity contribution in [2.75, 3.05) is 10.6 Å². The van der Waals surface area contributed by atoms with Gasteiger partial charge in [0.2, 0.25) is 0 Å². The fourth-order valence-corrected chi connectivity index (χ4v) is 3.77. The van der Waals surface area contributed by atoms with Crippen LogP contribution in [0, 0.1) is 0 Å². The minimum Gasteiger partial charge on any atom is -0.382 e. The highest BCUT2D eigenvalue weighted by atomic mass is 15.1. The van der Waals surface area contributed by atoms with Crippen LogP contribution in [0.2, 0.25) is 0 Å². The van der Waals surface area contributed by atoms with Gasteiger partial charge in [0.1, 0.15) is 5.82 Å². The van der Waals surface area contributed by atoms with Crippen molar-refractivity contribution in [3.63, 3.8) is 0 Å². The van der Waals surface area contributed by atoms with Gasteiger partial charge in [-0.25, -0.2) is 4.98 Å². The van der Waals surface area contributed by atoms with Crippen molar-refractivity contribution in [3.05, 3.63) is 48.7 Å². The number of pyridine rings is 1. The van der Waals surface area contributed by atoms with Crippen LogP contribution in [0.25, 0.3) is 10.9 Å². The van der Waals surface area contributed by atoms with Gasteiger partial charge in [0, 0.05) is 48.4 Å². The van der Waals surface area contributed by atoms with Gasteiger partial charge >= 0.3 is 0 Å². The minimum atomic E-state index is 0.576. The Morgan fingerprint density at radius 3 is 2.65 bits per heavy atom. The molecular weight excluding hydrogens is 322 g/mol. The molecule has 4 rings (SSSR count). The van der Waals surface area contributed by atoms with Crippen molar-refractivity contribution in [1.29, 1.82) is 0 Å². The Balaban J connectivity index is 1.54. The third kappa shape index (κ3) is 3.82. The molecule has 0 aliphatic heterocycles. The third-order valence-corrected chi connectivity index (χ3v) is 5.33. The van der Waals surface area contributed by atoms with Crippen LogP contribution in [0.15, 0.2) is 42.9 Å². The van der Waals surface area contributed by atoms with Crippen molar-refractivity contribution in [2.24, 2.45) is 7.05 Å². The van der Waals surface area contributed by atoms with E-state index in [0.717, 1.165) is 17.0 Å². The third-order valence-electron chi connectivity index (χ3n) is 5.33. The minimum absolute atomic E-state index is 0.576. The fourth-order valence-electron chi connectivity index (χ4n) is 3.77. The molecule has 2 heterocycles. The first-order chi connectivity index (χ1) is 12.8. The SMILES string of the molecule is Cn1ccnc1CNc1ccc2nccc(NC3CCCCCC3)c2c1. The molecule has 1 saturated carbocycles. The molecule has 5 nitrogen and oxygen atoms in total. The number of hydrogen-bond donors (Lipinski definition) is 2. The predicted molar refractivity (Wildman–Crippen MR) is 107 cm³/mol. The summed E-state index contributed by atoms with van der Waals surface area (Å²) in [6.07, 6.45) is 13.6. The van der Waals surface area contributed by atoms with Crippen LogP contribution in [0.3, 0.4) is 0 Å². The van der Waals surface area contributed by atoms with E-state index in [1.807, 2.05) is 30.2 Å². The summed E-state index contributed by atoms with van der Waals surface area (Å²) in [5.41, 5.74) is 3.33. The fraction of sp³-hybridized carbons (Fsp3) is 0.429. The second-order valence-corrected chi connectivity index (χ2v) is 7.23. The Morgan fingerprint density at radius 1 is 1.04 bits per heavy atom. The van der Waals surface area contributed by atoms with E-state index in [9.17, 15) is 0 Å². The number of fused-ring (bicyclic) bond motifs is 1. The van der Waals surface area contributed by atoms with Crippen LogP contribution < -0.4 is 10.6 Å². The quantitative estimate of drug-likeness (QED) is 0.655. The number of imidazole rings is 1. The molecule has 1 aliphatic rings. The predicted octanol–water partition coefficient (Wildman–Crippen LogP) is 4.72. The van der Waals surface area contributed by atoms with Gasteiger partial charge in [-0.2, -0.15) is 0 Å². The van der Waals surface area contributed by atoms with Gasteiger partial charge in [-0.15, -0.1) is 0 Å². The van der Waals surface area contributed by atoms with E-state index < -0.39 is 0 Å². The molecule has 0 amide bonds. The summed E-state index contributed by atoms with van der Waals surface area (Å²) in [6.45, 7) is 0.709. The number of benzene rings is 1. The zero-order valence-electron chi connectivity index (χ0n) is 15.4. The van der Waals surface area contributed by atoms with Gasteiger partial charge in [-0.3, -0.25) is 4.98 Å². The highest BCUT2D eigenvalue weighted by Crippen LogP contribution is 2.28. The zero-order valence-corrected chi connectivity index (χ0v) is 15.4. The molecule has 5 heteroatoms. The lowest BCUT2D eigenvalue weighted by molar-refractivity contribution is 0.620. The van der Waals surface area contributed by atoms with Crippen LogP contribution in [0.5, 0.6) is 0 Å². The van der Waals surface area contributed by atoms with Gasteiger partial charge in [0.15, 0.2) is 0 Å². The molecule has 0 spiro atoms. The van der Waals surface area contributed by atoms with Crippen molar-refractivity contribution >= 4 is 22.3 Å². The number of nitrogens with one attached hydrogen (secondary N) is 2. The normalized spacial score (nSPS) is 15.7. The Labute approximate surface area is 154 Å². The first kappa shape index (κ1) is 16.9. The van der Waals surface area contributed by atoms with E-state index >= 15 is 0 Å². The van der Waals surface area contributed by atoms with Crippen molar-refractivity contribution in [2.45, 2.75) is 51.1 Å². The summed E-state index contributed by atoms with van der Waals surface area (Å²) in [5.74, 6) is 1.02. The number of nitrogens with zero attached hydrogens (tertiary/aromatic N) is 3. The van der Waals surface area contributed by atoms with Crippen LogP contribution in [0.4, 0.5) is 11.4 Å². The Kier molecular flexibility index (Phi) is 5.04. The Bertz CT molecular complexity index is 862. The summed E-state index contributed by atoms with van der Waals surface area (Å²) in [4.78, 5) is 8.91. The zero-order chi connectivity index (χ0) is 17.8. The highest BCUT2D eigenvalue weighted by Gasteiger charge is 2.13. The number of rotatable bonds is 5. The summed E-state index contributed by atoms with van der Waals surface area (Å²) in [6, 6.07) is 9.06. The summed E-state index contributed by atoms with van der Waals surface area (Å²) in [5, 5.41) is 8.45. The van der Waals surface area contributed by atoms with Crippen LogP contribution in [-0.2, 0) is 13.6 Å². The molecule has 3 aromatic rings. The van der Waals surface area contributed by atoms with Crippen LogP contribution in [-0.4, -0.2) is 20.6 Å². The van der Waals surface area contributed by atoms with E-state index in [4.69, 9.17) is 0 Å². The van der Waals surface area contributed by atoms with Crippen LogP contribution in [0.1, 0.15) is 44.3 Å². The lowest BCUT2D eigenvalue weighted by Crippen LogP contribution is -2.18. The topological polar surface area (TPSA) is 54.8 Å². The summed E-state index contributed by atoms with van der Waals surface area (Å²) < 4.78 is 2.04. The molecule has 0 radical (unpaired) electrons. The molecule has 136 valence electrons. The number of hydrogen-bond acceptors (Lipinski definition) is 4. The molecular formula is C21H27N5. The number of aryl methyl sites for hydroxylation is 1. The molecule has 26 heavy (non-hydrogen) atoms. The first-order valence-corrected chi connectivity index (χ1v) is 9.65. The Hall–Kier alpha value is -2.56. The lowest BCUT2D eigenvalue weighted by atomic mass is 10.1. The maximum atomic E-state index is 4.53. The van der Waals surface area contributed by atoms with Gasteiger partial charge in [0.05, 0.1) is 12.1 Å². The van der Waals surface area contributed by atoms with Crippen LogP contribution >= 0.6 is 0 Å². The van der Waals surface area contributed by atoms with E-state index in [1.165, 1.54) is 49.6 Å². The van der Waals surface area contributed by atoms with Crippen molar-refractivity contribution < 1.29 is 0 Å². The molecule has 0 atom stereocenters. The molecule has 1 aromatic carbocycles. The van der Waals surface area contributed by atoms with Gasteiger partial charge in [0.25, 0.3) is 0 Å². The molecule has 0 unspecified atom stereocenters. The average Bonchev–Trinajstić information content (AvgIpc) is 2.90. The maximum Gasteiger partial charge on any atom is 0.127 e. The monoisotopic (exact) mass is 349 g/mol. The largest absolute Gasteiger partial charge is 0.382 e. The number of aromatic nitrogens is 3. The van der Waals surface area contributed by atoms with Gasteiger partial charge in [-0.1, -0.05) is 25.7 Å². The van der Waals surface area contributed by atoms with Crippen molar-refractivity contribution in [3.8, 4) is 0 Å². The molecule has 1 fully saturated rings. The van der Waals surface area contributed by atoms with Gasteiger partial charge in [-0.05, 0) is 37.1 Å². The van der Waals surface area contributed by atoms with E-state index in [0.29, 0.717) is 12.6 Å². The Morgan fingerprint density at radius 2 is 1.88 bits per heavy atom. The second-order valence-electron chi connectivity index (χ2n) is 7.23. The van der Waals surface area contributed by atoms with E-state index in [1.54, 1.807) is 0 Å². The van der Waals surface area contributed by atoms with E-state index in [-0.39, 0.29) is 0 Å². The second kappa shape index (κ2) is 7.77. The van der Waals surface area contributed by atoms with Crippen molar-refractivity contribution in [1.82, 2.24) is 14.5 Å². The average molecular weight is 349 g/mol.